The zero-order chi connectivity index (χ0) is 21.3. The molecule has 1 amide bonds. The number of rotatable bonds is 5. The van der Waals surface area contributed by atoms with Crippen LogP contribution < -0.4 is 4.31 Å². The zero-order valence-electron chi connectivity index (χ0n) is 16.8. The van der Waals surface area contributed by atoms with Crippen LogP contribution in [0.15, 0.2) is 61.2 Å². The molecule has 0 bridgehead atoms. The molecule has 2 aromatic carbocycles. The fourth-order valence-corrected chi connectivity index (χ4v) is 5.13. The molecule has 1 aliphatic rings. The second kappa shape index (κ2) is 7.91. The van der Waals surface area contributed by atoms with Crippen molar-refractivity contribution in [3.8, 4) is 5.69 Å². The van der Waals surface area contributed by atoms with E-state index in [-0.39, 0.29) is 17.7 Å². The van der Waals surface area contributed by atoms with Crippen molar-refractivity contribution in [1.29, 1.82) is 0 Å². The summed E-state index contributed by atoms with van der Waals surface area (Å²) in [5, 5.41) is 4.11. The number of carbonyl (C=O) groups is 1. The number of anilines is 1. The molecule has 9 heteroatoms. The fraction of sp³-hybridized carbons (Fsp3) is 0.286. The van der Waals surface area contributed by atoms with Crippen molar-refractivity contribution in [2.75, 3.05) is 23.7 Å². The zero-order valence-corrected chi connectivity index (χ0v) is 17.7. The molecule has 8 nitrogen and oxygen atoms in total. The minimum absolute atomic E-state index is 0.146. The first-order valence-corrected chi connectivity index (χ1v) is 11.3. The Bertz CT molecular complexity index is 1140. The van der Waals surface area contributed by atoms with Gasteiger partial charge in [-0.15, -0.1) is 0 Å². The number of hydrogen-bond acceptors (Lipinski definition) is 5. The number of sulfonamides is 1. The minimum atomic E-state index is -3.29. The lowest BCUT2D eigenvalue weighted by atomic mass is 10.1. The lowest BCUT2D eigenvalue weighted by Gasteiger charge is -2.26. The van der Waals surface area contributed by atoms with Crippen molar-refractivity contribution < 1.29 is 13.2 Å². The van der Waals surface area contributed by atoms with E-state index < -0.39 is 10.0 Å². The minimum Gasteiger partial charge on any atom is -0.335 e. The quantitative estimate of drug-likeness (QED) is 0.627. The van der Waals surface area contributed by atoms with Crippen LogP contribution in [0.4, 0.5) is 5.69 Å². The summed E-state index contributed by atoms with van der Waals surface area (Å²) < 4.78 is 27.5. The Morgan fingerprint density at radius 1 is 1.13 bits per heavy atom. The Morgan fingerprint density at radius 3 is 2.53 bits per heavy atom. The van der Waals surface area contributed by atoms with Gasteiger partial charge in [0.25, 0.3) is 5.91 Å². The molecule has 156 valence electrons. The van der Waals surface area contributed by atoms with Gasteiger partial charge in [0.15, 0.2) is 0 Å². The summed E-state index contributed by atoms with van der Waals surface area (Å²) in [5.74, 6) is -0.0199. The maximum absolute atomic E-state index is 13.1. The Kier molecular flexibility index (Phi) is 5.29. The summed E-state index contributed by atoms with van der Waals surface area (Å²) in [6.45, 7) is 2.40. The van der Waals surface area contributed by atoms with E-state index >= 15 is 0 Å². The van der Waals surface area contributed by atoms with Gasteiger partial charge < -0.3 is 4.90 Å². The maximum Gasteiger partial charge on any atom is 0.254 e. The second-order valence-electron chi connectivity index (χ2n) is 7.32. The maximum atomic E-state index is 13.1. The summed E-state index contributed by atoms with van der Waals surface area (Å²) in [5.41, 5.74) is 2.87. The van der Waals surface area contributed by atoms with Crippen molar-refractivity contribution in [1.82, 2.24) is 19.7 Å². The topological polar surface area (TPSA) is 88.4 Å². The summed E-state index contributed by atoms with van der Waals surface area (Å²) in [6.07, 6.45) is 3.70. The smallest absolute Gasteiger partial charge is 0.254 e. The summed E-state index contributed by atoms with van der Waals surface area (Å²) in [4.78, 5) is 18.7. The third-order valence-corrected chi connectivity index (χ3v) is 7.31. The van der Waals surface area contributed by atoms with Gasteiger partial charge in [-0.05, 0) is 49.2 Å². The van der Waals surface area contributed by atoms with Crippen molar-refractivity contribution in [3.05, 3.63) is 72.3 Å². The van der Waals surface area contributed by atoms with Crippen molar-refractivity contribution >= 4 is 21.6 Å². The number of carbonyl (C=O) groups excluding carboxylic acids is 1. The molecule has 1 unspecified atom stereocenters. The molecule has 30 heavy (non-hydrogen) atoms. The third-order valence-electron chi connectivity index (χ3n) is 5.44. The Morgan fingerprint density at radius 2 is 1.90 bits per heavy atom. The van der Waals surface area contributed by atoms with E-state index in [9.17, 15) is 13.2 Å². The van der Waals surface area contributed by atoms with Crippen molar-refractivity contribution in [2.45, 2.75) is 19.4 Å². The molecule has 0 aliphatic carbocycles. The van der Waals surface area contributed by atoms with Gasteiger partial charge in [-0.25, -0.2) is 18.1 Å². The Hall–Kier alpha value is -3.20. The number of aromatic nitrogens is 3. The third kappa shape index (κ3) is 3.80. The molecule has 0 spiro atoms. The van der Waals surface area contributed by atoms with Crippen LogP contribution in [0, 0.1) is 0 Å². The first kappa shape index (κ1) is 20.1. The van der Waals surface area contributed by atoms with E-state index in [2.05, 4.69) is 10.1 Å². The van der Waals surface area contributed by atoms with Gasteiger partial charge in [0.2, 0.25) is 10.0 Å². The molecule has 1 fully saturated rings. The van der Waals surface area contributed by atoms with Crippen LogP contribution in [0.2, 0.25) is 0 Å². The van der Waals surface area contributed by atoms with Crippen LogP contribution in [0.25, 0.3) is 5.69 Å². The lowest BCUT2D eigenvalue weighted by molar-refractivity contribution is 0.0742. The van der Waals surface area contributed by atoms with Crippen LogP contribution in [0.3, 0.4) is 0 Å². The molecule has 0 N–H and O–H groups in total. The van der Waals surface area contributed by atoms with Gasteiger partial charge in [0.05, 0.1) is 23.2 Å². The van der Waals surface area contributed by atoms with E-state index in [1.165, 1.54) is 10.6 Å². The number of nitrogens with zero attached hydrogens (tertiary/aromatic N) is 5. The van der Waals surface area contributed by atoms with E-state index in [1.807, 2.05) is 31.2 Å². The van der Waals surface area contributed by atoms with Gasteiger partial charge in [0, 0.05) is 19.2 Å². The largest absolute Gasteiger partial charge is 0.335 e. The van der Waals surface area contributed by atoms with E-state index in [0.717, 1.165) is 11.3 Å². The first-order chi connectivity index (χ1) is 14.4. The highest BCUT2D eigenvalue weighted by atomic mass is 32.2. The second-order valence-corrected chi connectivity index (χ2v) is 9.33. The standard InChI is InChI=1S/C21H23N5O3S/c1-16(17-7-9-19(10-8-17)25-15-22-14-23-25)24(2)21(27)18-5-3-6-20(13-18)26-11-4-12-30(26,28)29/h3,5-10,13-16H,4,11-12H2,1-2H3. The van der Waals surface area contributed by atoms with E-state index in [1.54, 1.807) is 47.2 Å². The molecule has 4 rings (SSSR count). The molecule has 3 aromatic rings. The predicted molar refractivity (Wildman–Crippen MR) is 114 cm³/mol. The molecule has 0 saturated carbocycles. The van der Waals surface area contributed by atoms with Gasteiger partial charge in [-0.2, -0.15) is 5.10 Å². The molecular weight excluding hydrogens is 402 g/mol. The highest BCUT2D eigenvalue weighted by molar-refractivity contribution is 7.93. The first-order valence-electron chi connectivity index (χ1n) is 9.69. The number of hydrogen-bond donors (Lipinski definition) is 0. The molecular formula is C21H23N5O3S. The molecule has 1 aromatic heterocycles. The number of amides is 1. The van der Waals surface area contributed by atoms with Crippen LogP contribution in [-0.4, -0.2) is 53.3 Å². The Balaban J connectivity index is 1.52. The normalized spacial score (nSPS) is 16.4. The average Bonchev–Trinajstić information content (AvgIpc) is 3.42. The van der Waals surface area contributed by atoms with Crippen molar-refractivity contribution in [3.63, 3.8) is 0 Å². The summed E-state index contributed by atoms with van der Waals surface area (Å²) in [6, 6.07) is 14.4. The summed E-state index contributed by atoms with van der Waals surface area (Å²) in [7, 11) is -1.54. The van der Waals surface area contributed by atoms with Gasteiger partial charge in [0.1, 0.15) is 12.7 Å². The highest BCUT2D eigenvalue weighted by Crippen LogP contribution is 2.27. The molecule has 0 radical (unpaired) electrons. The molecule has 1 atom stereocenters. The number of benzene rings is 2. The van der Waals surface area contributed by atoms with Crippen LogP contribution >= 0.6 is 0 Å². The lowest BCUT2D eigenvalue weighted by Crippen LogP contribution is -2.30. The predicted octanol–water partition coefficient (Wildman–Crippen LogP) is 2.64. The fourth-order valence-electron chi connectivity index (χ4n) is 3.57. The van der Waals surface area contributed by atoms with Crippen LogP contribution in [0.5, 0.6) is 0 Å². The van der Waals surface area contributed by atoms with E-state index in [0.29, 0.717) is 24.2 Å². The SMILES string of the molecule is CC(c1ccc(-n2cncn2)cc1)N(C)C(=O)c1cccc(N2CCCS2(=O)=O)c1. The van der Waals surface area contributed by atoms with Crippen LogP contribution in [0.1, 0.15) is 35.3 Å². The average molecular weight is 426 g/mol. The van der Waals surface area contributed by atoms with Crippen molar-refractivity contribution in [2.24, 2.45) is 0 Å². The van der Waals surface area contributed by atoms with Gasteiger partial charge in [-0.3, -0.25) is 9.10 Å². The van der Waals surface area contributed by atoms with Gasteiger partial charge in [-0.1, -0.05) is 18.2 Å². The van der Waals surface area contributed by atoms with E-state index in [4.69, 9.17) is 0 Å². The molecule has 1 saturated heterocycles. The molecule has 2 heterocycles. The summed E-state index contributed by atoms with van der Waals surface area (Å²) >= 11 is 0. The molecule has 1 aliphatic heterocycles. The highest BCUT2D eigenvalue weighted by Gasteiger charge is 2.29. The monoisotopic (exact) mass is 425 g/mol. The van der Waals surface area contributed by atoms with Crippen LogP contribution in [-0.2, 0) is 10.0 Å². The Labute approximate surface area is 175 Å². The van der Waals surface area contributed by atoms with Gasteiger partial charge >= 0.3 is 0 Å².